The third-order valence-electron chi connectivity index (χ3n) is 5.07. The summed E-state index contributed by atoms with van der Waals surface area (Å²) in [6, 6.07) is 7.24. The Hall–Kier alpha value is -2.28. The molecule has 1 fully saturated rings. The second-order valence-electron chi connectivity index (χ2n) is 9.25. The number of amides is 2. The van der Waals surface area contributed by atoms with Gasteiger partial charge in [0.2, 0.25) is 0 Å². The van der Waals surface area contributed by atoms with Gasteiger partial charge in [-0.25, -0.2) is 4.79 Å². The SMILES string of the molecule is COCCCOc1cccc(C(=O)N(C(C)C)[C@@H]2CCCN(C(=O)OC(C)(C)C)C2)c1. The van der Waals surface area contributed by atoms with Crippen LogP contribution < -0.4 is 4.74 Å². The standard InChI is InChI=1S/C24H38N2O5/c1-18(2)26(20-11-8-13-25(17-20)23(28)31-24(3,4)5)22(27)19-10-7-12-21(16-19)30-15-9-14-29-6/h7,10,12,16,18,20H,8-9,11,13-15,17H2,1-6H3/t20-/m1/s1. The van der Waals surface area contributed by atoms with Gasteiger partial charge >= 0.3 is 6.09 Å². The van der Waals surface area contributed by atoms with Crippen molar-refractivity contribution in [2.24, 2.45) is 0 Å². The van der Waals surface area contributed by atoms with Gasteiger partial charge in [-0.05, 0) is 65.7 Å². The average Bonchev–Trinajstić information content (AvgIpc) is 2.70. The summed E-state index contributed by atoms with van der Waals surface area (Å²) in [6.07, 6.45) is 2.16. The Kier molecular flexibility index (Phi) is 9.16. The van der Waals surface area contributed by atoms with Crippen molar-refractivity contribution < 1.29 is 23.8 Å². The summed E-state index contributed by atoms with van der Waals surface area (Å²) < 4.78 is 16.3. The minimum Gasteiger partial charge on any atom is -0.493 e. The molecule has 1 aliphatic rings. The fourth-order valence-corrected chi connectivity index (χ4v) is 3.76. The number of likely N-dealkylation sites (tertiary alicyclic amines) is 1. The average molecular weight is 435 g/mol. The van der Waals surface area contributed by atoms with Gasteiger partial charge in [-0.15, -0.1) is 0 Å². The number of nitrogens with zero attached hydrogens (tertiary/aromatic N) is 2. The molecule has 0 spiro atoms. The molecule has 0 aliphatic carbocycles. The molecule has 0 bridgehead atoms. The zero-order chi connectivity index (χ0) is 23.0. The van der Waals surface area contributed by atoms with Crippen LogP contribution in [-0.2, 0) is 9.47 Å². The molecule has 0 radical (unpaired) electrons. The molecule has 0 unspecified atom stereocenters. The van der Waals surface area contributed by atoms with Crippen LogP contribution in [0, 0.1) is 0 Å². The lowest BCUT2D eigenvalue weighted by Gasteiger charge is -2.41. The van der Waals surface area contributed by atoms with Gasteiger partial charge in [0.25, 0.3) is 5.91 Å². The highest BCUT2D eigenvalue weighted by molar-refractivity contribution is 5.95. The summed E-state index contributed by atoms with van der Waals surface area (Å²) in [6.45, 7) is 11.9. The highest BCUT2D eigenvalue weighted by Gasteiger charge is 2.34. The molecule has 1 saturated heterocycles. The maximum absolute atomic E-state index is 13.4. The van der Waals surface area contributed by atoms with Crippen molar-refractivity contribution in [3.8, 4) is 5.75 Å². The number of hydrogen-bond donors (Lipinski definition) is 0. The Bertz CT molecular complexity index is 729. The molecule has 1 aromatic carbocycles. The highest BCUT2D eigenvalue weighted by atomic mass is 16.6. The molecule has 1 heterocycles. The van der Waals surface area contributed by atoms with Crippen LogP contribution in [0.2, 0.25) is 0 Å². The van der Waals surface area contributed by atoms with Crippen molar-refractivity contribution in [1.29, 1.82) is 0 Å². The van der Waals surface area contributed by atoms with E-state index in [0.29, 0.717) is 37.6 Å². The van der Waals surface area contributed by atoms with Crippen molar-refractivity contribution in [2.75, 3.05) is 33.4 Å². The largest absolute Gasteiger partial charge is 0.493 e. The Morgan fingerprint density at radius 2 is 1.97 bits per heavy atom. The lowest BCUT2D eigenvalue weighted by atomic mass is 10.0. The van der Waals surface area contributed by atoms with Crippen LogP contribution in [0.25, 0.3) is 0 Å². The Morgan fingerprint density at radius 3 is 2.61 bits per heavy atom. The van der Waals surface area contributed by atoms with E-state index in [1.807, 2.05) is 57.7 Å². The van der Waals surface area contributed by atoms with Crippen molar-refractivity contribution in [3.05, 3.63) is 29.8 Å². The number of rotatable bonds is 8. The molecule has 0 N–H and O–H groups in total. The van der Waals surface area contributed by atoms with E-state index in [4.69, 9.17) is 14.2 Å². The number of hydrogen-bond acceptors (Lipinski definition) is 5. The van der Waals surface area contributed by atoms with E-state index in [0.717, 1.165) is 19.3 Å². The molecule has 1 atom stereocenters. The minimum atomic E-state index is -0.540. The third kappa shape index (κ3) is 7.73. The molecule has 2 rings (SSSR count). The normalized spacial score (nSPS) is 16.9. The van der Waals surface area contributed by atoms with Crippen LogP contribution in [0.1, 0.15) is 64.2 Å². The fraction of sp³-hybridized carbons (Fsp3) is 0.667. The first-order valence-corrected chi connectivity index (χ1v) is 11.1. The lowest BCUT2D eigenvalue weighted by Crippen LogP contribution is -2.54. The van der Waals surface area contributed by atoms with Crippen LogP contribution in [0.3, 0.4) is 0 Å². The Labute approximate surface area is 186 Å². The van der Waals surface area contributed by atoms with E-state index in [1.165, 1.54) is 0 Å². The van der Waals surface area contributed by atoms with E-state index in [-0.39, 0.29) is 24.1 Å². The molecule has 1 aliphatic heterocycles. The van der Waals surface area contributed by atoms with E-state index in [1.54, 1.807) is 18.1 Å². The number of benzene rings is 1. The quantitative estimate of drug-likeness (QED) is 0.569. The highest BCUT2D eigenvalue weighted by Crippen LogP contribution is 2.24. The van der Waals surface area contributed by atoms with Gasteiger partial charge in [0.1, 0.15) is 11.4 Å². The van der Waals surface area contributed by atoms with Gasteiger partial charge in [0.05, 0.1) is 12.6 Å². The Balaban J connectivity index is 2.10. The topological polar surface area (TPSA) is 68.3 Å². The molecule has 31 heavy (non-hydrogen) atoms. The molecule has 174 valence electrons. The lowest BCUT2D eigenvalue weighted by molar-refractivity contribution is 0.00752. The summed E-state index contributed by atoms with van der Waals surface area (Å²) in [5.41, 5.74) is 0.0497. The summed E-state index contributed by atoms with van der Waals surface area (Å²) in [5, 5.41) is 0. The van der Waals surface area contributed by atoms with Gasteiger partial charge < -0.3 is 24.0 Å². The van der Waals surface area contributed by atoms with Gasteiger partial charge in [-0.2, -0.15) is 0 Å². The van der Waals surface area contributed by atoms with Gasteiger partial charge in [-0.1, -0.05) is 6.07 Å². The van der Waals surface area contributed by atoms with Crippen LogP contribution in [0.15, 0.2) is 24.3 Å². The molecular formula is C24H38N2O5. The van der Waals surface area contributed by atoms with Crippen LogP contribution in [-0.4, -0.2) is 72.9 Å². The summed E-state index contributed by atoms with van der Waals surface area (Å²) >= 11 is 0. The third-order valence-corrected chi connectivity index (χ3v) is 5.07. The molecule has 0 aromatic heterocycles. The van der Waals surface area contributed by atoms with Crippen LogP contribution in [0.4, 0.5) is 4.79 Å². The molecule has 2 amide bonds. The summed E-state index contributed by atoms with van der Waals surface area (Å²) in [7, 11) is 1.66. The zero-order valence-electron chi connectivity index (χ0n) is 19.8. The van der Waals surface area contributed by atoms with Gasteiger partial charge in [0.15, 0.2) is 0 Å². The second kappa shape index (κ2) is 11.4. The van der Waals surface area contributed by atoms with Crippen molar-refractivity contribution in [3.63, 3.8) is 0 Å². The second-order valence-corrected chi connectivity index (χ2v) is 9.25. The first-order chi connectivity index (χ1) is 14.6. The molecule has 0 saturated carbocycles. The fourth-order valence-electron chi connectivity index (χ4n) is 3.76. The molecule has 7 heteroatoms. The number of ether oxygens (including phenoxy) is 3. The monoisotopic (exact) mass is 434 g/mol. The summed E-state index contributed by atoms with van der Waals surface area (Å²) in [5.74, 6) is 0.623. The minimum absolute atomic E-state index is 0.00219. The van der Waals surface area contributed by atoms with Crippen LogP contribution in [0.5, 0.6) is 5.75 Å². The smallest absolute Gasteiger partial charge is 0.410 e. The van der Waals surface area contributed by atoms with Crippen LogP contribution >= 0.6 is 0 Å². The van der Waals surface area contributed by atoms with Crippen molar-refractivity contribution >= 4 is 12.0 Å². The zero-order valence-corrected chi connectivity index (χ0v) is 19.8. The predicted molar refractivity (Wildman–Crippen MR) is 121 cm³/mol. The molecule has 1 aromatic rings. The number of carbonyl (C=O) groups is 2. The van der Waals surface area contributed by atoms with E-state index in [9.17, 15) is 9.59 Å². The van der Waals surface area contributed by atoms with E-state index >= 15 is 0 Å². The Morgan fingerprint density at radius 1 is 1.23 bits per heavy atom. The maximum Gasteiger partial charge on any atom is 0.410 e. The maximum atomic E-state index is 13.4. The molecule has 7 nitrogen and oxygen atoms in total. The number of piperidine rings is 1. The first kappa shape index (κ1) is 25.0. The van der Waals surface area contributed by atoms with Gasteiger partial charge in [-0.3, -0.25) is 4.79 Å². The van der Waals surface area contributed by atoms with Crippen molar-refractivity contribution in [2.45, 2.75) is 71.6 Å². The first-order valence-electron chi connectivity index (χ1n) is 11.1. The number of methoxy groups -OCH3 is 1. The summed E-state index contributed by atoms with van der Waals surface area (Å²) in [4.78, 5) is 29.6. The van der Waals surface area contributed by atoms with Crippen molar-refractivity contribution in [1.82, 2.24) is 9.80 Å². The number of carbonyl (C=O) groups excluding carboxylic acids is 2. The molecular weight excluding hydrogens is 396 g/mol. The van der Waals surface area contributed by atoms with Gasteiger partial charge in [0, 0.05) is 44.8 Å². The van der Waals surface area contributed by atoms with E-state index < -0.39 is 5.60 Å². The van der Waals surface area contributed by atoms with E-state index in [2.05, 4.69) is 0 Å². The predicted octanol–water partition coefficient (Wildman–Crippen LogP) is 4.35.